The number of carbonyl (C=O) groups is 3. The van der Waals surface area contributed by atoms with E-state index in [9.17, 15) is 24.6 Å². The number of aromatic carboxylic acids is 1. The molecule has 47 heavy (non-hydrogen) atoms. The molecule has 0 saturated carbocycles. The molecule has 1 saturated heterocycles. The van der Waals surface area contributed by atoms with Crippen LogP contribution in [0.1, 0.15) is 65.3 Å². The molecule has 1 fully saturated rings. The van der Waals surface area contributed by atoms with Gasteiger partial charge in [-0.05, 0) is 59.0 Å². The van der Waals surface area contributed by atoms with Gasteiger partial charge in [-0.1, -0.05) is 72.8 Å². The number of rotatable bonds is 12. The summed E-state index contributed by atoms with van der Waals surface area (Å²) in [5.41, 5.74) is 5.73. The Kier molecular flexibility index (Phi) is 11.4. The van der Waals surface area contributed by atoms with E-state index in [2.05, 4.69) is 5.32 Å². The monoisotopic (exact) mass is 655 g/mol. The lowest BCUT2D eigenvalue weighted by Gasteiger charge is -2.36. The van der Waals surface area contributed by atoms with Gasteiger partial charge in [0, 0.05) is 36.1 Å². The van der Waals surface area contributed by atoms with Gasteiger partial charge in [-0.15, -0.1) is 11.8 Å². The summed E-state index contributed by atoms with van der Waals surface area (Å²) in [5.74, 6) is -1.20. The molecule has 1 amide bonds. The molecule has 1 aliphatic rings. The molecule has 0 unspecified atom stereocenters. The molecule has 5 rings (SSSR count). The number of ether oxygens (including phenoxy) is 3. The summed E-state index contributed by atoms with van der Waals surface area (Å²) < 4.78 is 18.0. The molecular formula is C37H37NO8S. The maximum absolute atomic E-state index is 12.4. The Hall–Kier alpha value is -4.48. The first-order valence-electron chi connectivity index (χ1n) is 15.3. The molecule has 4 aromatic carbocycles. The summed E-state index contributed by atoms with van der Waals surface area (Å²) in [6.45, 7) is 3.04. The second-order valence-electron chi connectivity index (χ2n) is 11.2. The van der Waals surface area contributed by atoms with Gasteiger partial charge in [0.2, 0.25) is 0 Å². The van der Waals surface area contributed by atoms with Crippen LogP contribution in [0.15, 0.2) is 102 Å². The molecule has 0 aromatic heterocycles. The highest BCUT2D eigenvalue weighted by Gasteiger charge is 2.32. The third-order valence-corrected chi connectivity index (χ3v) is 8.97. The minimum Gasteiger partial charge on any atom is -0.478 e. The number of nitrogens with one attached hydrogen (secondary N) is 1. The van der Waals surface area contributed by atoms with Crippen molar-refractivity contribution in [2.45, 2.75) is 62.9 Å². The van der Waals surface area contributed by atoms with Crippen molar-refractivity contribution in [3.63, 3.8) is 0 Å². The van der Waals surface area contributed by atoms with Crippen molar-refractivity contribution in [1.82, 2.24) is 5.32 Å². The van der Waals surface area contributed by atoms with E-state index in [-0.39, 0.29) is 36.8 Å². The average molecular weight is 656 g/mol. The quantitative estimate of drug-likeness (QED) is 0.116. The highest BCUT2D eigenvalue weighted by Crippen LogP contribution is 2.40. The fourth-order valence-electron chi connectivity index (χ4n) is 5.31. The van der Waals surface area contributed by atoms with E-state index in [0.29, 0.717) is 12.2 Å². The number of hydrogen-bond donors (Lipinski definition) is 3. The lowest BCUT2D eigenvalue weighted by atomic mass is 9.97. The van der Waals surface area contributed by atoms with Gasteiger partial charge >= 0.3 is 11.9 Å². The summed E-state index contributed by atoms with van der Waals surface area (Å²) in [6, 6.07) is 30.3. The Bertz CT molecular complexity index is 1670. The molecule has 0 radical (unpaired) electrons. The van der Waals surface area contributed by atoms with Gasteiger partial charge in [-0.25, -0.2) is 4.79 Å². The molecule has 10 heteroatoms. The van der Waals surface area contributed by atoms with E-state index in [1.807, 2.05) is 72.8 Å². The Morgan fingerprint density at radius 2 is 1.60 bits per heavy atom. The second-order valence-corrected chi connectivity index (χ2v) is 12.3. The molecule has 4 atom stereocenters. The summed E-state index contributed by atoms with van der Waals surface area (Å²) in [6.07, 6.45) is -1.27. The first-order chi connectivity index (χ1) is 22.7. The average Bonchev–Trinajstić information content (AvgIpc) is 3.09. The fourth-order valence-corrected chi connectivity index (χ4v) is 6.23. The molecular weight excluding hydrogens is 618 g/mol. The van der Waals surface area contributed by atoms with E-state index >= 15 is 0 Å². The maximum atomic E-state index is 12.4. The second kappa shape index (κ2) is 15.9. The highest BCUT2D eigenvalue weighted by atomic mass is 32.2. The number of benzene rings is 4. The SMILES string of the molecule is CC(=O)O[C@@H](C)C(=O)NCc1ccccc1-c1ccc([C@H]2O[C@@H](CSc3ccc(C(=O)O)cc3)C[C@@H](c3ccc(CO)cc3)O2)cc1. The van der Waals surface area contributed by atoms with Crippen LogP contribution in [0.2, 0.25) is 0 Å². The van der Waals surface area contributed by atoms with Gasteiger partial charge in [0.05, 0.1) is 24.4 Å². The first-order valence-corrected chi connectivity index (χ1v) is 16.3. The van der Waals surface area contributed by atoms with E-state index in [1.165, 1.54) is 13.8 Å². The number of aliphatic hydroxyl groups is 1. The van der Waals surface area contributed by atoms with Crippen LogP contribution in [0, 0.1) is 0 Å². The Balaban J connectivity index is 1.31. The predicted octanol–water partition coefficient (Wildman–Crippen LogP) is 6.45. The third kappa shape index (κ3) is 9.08. The predicted molar refractivity (Wildman–Crippen MR) is 177 cm³/mol. The maximum Gasteiger partial charge on any atom is 0.335 e. The van der Waals surface area contributed by atoms with Gasteiger partial charge in [-0.2, -0.15) is 0 Å². The van der Waals surface area contributed by atoms with Gasteiger partial charge < -0.3 is 29.7 Å². The summed E-state index contributed by atoms with van der Waals surface area (Å²) >= 11 is 1.60. The van der Waals surface area contributed by atoms with Crippen molar-refractivity contribution in [3.8, 4) is 11.1 Å². The van der Waals surface area contributed by atoms with E-state index in [0.717, 1.165) is 38.3 Å². The molecule has 0 aliphatic carbocycles. The van der Waals surface area contributed by atoms with Crippen LogP contribution in [0.5, 0.6) is 0 Å². The van der Waals surface area contributed by atoms with Crippen LogP contribution >= 0.6 is 11.8 Å². The van der Waals surface area contributed by atoms with Crippen LogP contribution in [0.3, 0.4) is 0 Å². The molecule has 9 nitrogen and oxygen atoms in total. The fraction of sp³-hybridized carbons (Fsp3) is 0.270. The largest absolute Gasteiger partial charge is 0.478 e. The minimum absolute atomic E-state index is 0.0350. The van der Waals surface area contributed by atoms with Crippen molar-refractivity contribution in [1.29, 1.82) is 0 Å². The van der Waals surface area contributed by atoms with E-state index < -0.39 is 24.3 Å². The van der Waals surface area contributed by atoms with Crippen molar-refractivity contribution in [2.75, 3.05) is 5.75 Å². The summed E-state index contributed by atoms with van der Waals surface area (Å²) in [5, 5.41) is 21.6. The number of carboxylic acid groups (broad SMARTS) is 1. The van der Waals surface area contributed by atoms with Crippen LogP contribution < -0.4 is 5.32 Å². The van der Waals surface area contributed by atoms with Gasteiger partial charge in [0.15, 0.2) is 12.4 Å². The molecule has 1 aliphatic heterocycles. The highest BCUT2D eigenvalue weighted by molar-refractivity contribution is 7.99. The van der Waals surface area contributed by atoms with Crippen LogP contribution in [0.4, 0.5) is 0 Å². The molecule has 3 N–H and O–H groups in total. The zero-order valence-corrected chi connectivity index (χ0v) is 26.9. The Labute approximate surface area is 277 Å². The number of aliphatic hydroxyl groups excluding tert-OH is 1. The van der Waals surface area contributed by atoms with Crippen molar-refractivity contribution < 1.29 is 38.8 Å². The van der Waals surface area contributed by atoms with Gasteiger partial charge in [0.1, 0.15) is 0 Å². The Morgan fingerprint density at radius 1 is 0.915 bits per heavy atom. The number of carboxylic acids is 1. The van der Waals surface area contributed by atoms with Crippen molar-refractivity contribution in [3.05, 3.63) is 125 Å². The number of amides is 1. The lowest BCUT2D eigenvalue weighted by molar-refractivity contribution is -0.245. The summed E-state index contributed by atoms with van der Waals surface area (Å²) in [4.78, 5) is 35.8. The van der Waals surface area contributed by atoms with Crippen molar-refractivity contribution in [2.24, 2.45) is 0 Å². The zero-order valence-electron chi connectivity index (χ0n) is 26.1. The van der Waals surface area contributed by atoms with E-state index in [4.69, 9.17) is 14.2 Å². The standard InChI is InChI=1S/C37H37NO8S/c1-23(44-24(2)40)35(41)38-20-30-5-3-4-6-33(30)26-11-13-29(14-12-26)37-45-31(22-47-32-17-15-28(16-18-32)36(42)43)19-34(46-37)27-9-7-25(21-39)8-10-27/h3-18,23,31,34,37,39H,19-22H2,1-2H3,(H,38,41)(H,42,43)/t23-,31+,34-,37-/m0/s1. The smallest absolute Gasteiger partial charge is 0.335 e. The first kappa shape index (κ1) is 33.9. The number of carbonyl (C=O) groups excluding carboxylic acids is 2. The number of thioether (sulfide) groups is 1. The summed E-state index contributed by atoms with van der Waals surface area (Å²) in [7, 11) is 0. The minimum atomic E-state index is -0.959. The van der Waals surface area contributed by atoms with E-state index in [1.54, 1.807) is 36.0 Å². The van der Waals surface area contributed by atoms with Crippen molar-refractivity contribution >= 4 is 29.6 Å². The van der Waals surface area contributed by atoms with Crippen LogP contribution in [0.25, 0.3) is 11.1 Å². The van der Waals surface area contributed by atoms with Crippen LogP contribution in [-0.4, -0.2) is 46.0 Å². The molecule has 4 aromatic rings. The zero-order chi connectivity index (χ0) is 33.3. The normalized spacial score (nSPS) is 18.2. The molecule has 1 heterocycles. The lowest BCUT2D eigenvalue weighted by Crippen LogP contribution is -2.35. The number of esters is 1. The molecule has 0 spiro atoms. The topological polar surface area (TPSA) is 131 Å². The third-order valence-electron chi connectivity index (χ3n) is 7.83. The van der Waals surface area contributed by atoms with Gasteiger partial charge in [0.25, 0.3) is 5.91 Å². The number of hydrogen-bond acceptors (Lipinski definition) is 8. The Morgan fingerprint density at radius 3 is 2.26 bits per heavy atom. The van der Waals surface area contributed by atoms with Crippen LogP contribution in [-0.2, 0) is 37.0 Å². The van der Waals surface area contributed by atoms with Gasteiger partial charge in [-0.3, -0.25) is 9.59 Å². The molecule has 244 valence electrons. The molecule has 0 bridgehead atoms.